The van der Waals surface area contributed by atoms with Crippen LogP contribution in [0.5, 0.6) is 0 Å². The summed E-state index contributed by atoms with van der Waals surface area (Å²) in [6, 6.07) is 10.2. The summed E-state index contributed by atoms with van der Waals surface area (Å²) in [7, 11) is 0. The lowest BCUT2D eigenvalue weighted by Crippen LogP contribution is -2.45. The molecule has 8 nitrogen and oxygen atoms in total. The maximum absolute atomic E-state index is 13.6. The number of amides is 3. The third-order valence-electron chi connectivity index (χ3n) is 6.18. The number of halogens is 5. The highest BCUT2D eigenvalue weighted by Gasteiger charge is 2.38. The fourth-order valence-electron chi connectivity index (χ4n) is 4.39. The Hall–Kier alpha value is -4.81. The minimum Gasteiger partial charge on any atom is -0.338 e. The Morgan fingerprint density at radius 1 is 0.949 bits per heavy atom. The van der Waals surface area contributed by atoms with Crippen LogP contribution in [0.25, 0.3) is 10.9 Å². The van der Waals surface area contributed by atoms with E-state index in [1.165, 1.54) is 19.1 Å². The molecule has 5 rings (SSSR count). The molecule has 4 N–H and O–H groups in total. The minimum absolute atomic E-state index is 0.125. The molecule has 0 saturated heterocycles. The van der Waals surface area contributed by atoms with Crippen molar-refractivity contribution in [2.75, 3.05) is 10.6 Å². The summed E-state index contributed by atoms with van der Waals surface area (Å²) in [4.78, 5) is 29.3. The quantitative estimate of drug-likeness (QED) is 0.229. The average molecular weight is 542 g/mol. The van der Waals surface area contributed by atoms with Crippen LogP contribution in [0.2, 0.25) is 0 Å². The van der Waals surface area contributed by atoms with E-state index in [9.17, 15) is 31.5 Å². The van der Waals surface area contributed by atoms with E-state index in [0.29, 0.717) is 22.2 Å². The van der Waals surface area contributed by atoms with Crippen LogP contribution in [0, 0.1) is 17.6 Å². The zero-order valence-corrected chi connectivity index (χ0v) is 20.0. The van der Waals surface area contributed by atoms with Gasteiger partial charge in [-0.2, -0.15) is 18.3 Å². The largest absolute Gasteiger partial charge is 0.416 e. The highest BCUT2D eigenvalue weighted by molar-refractivity contribution is 6.13. The second-order valence-corrected chi connectivity index (χ2v) is 8.88. The molecular weight excluding hydrogens is 523 g/mol. The standard InChI is InChI=1S/C26H19F5N6O2/c1-12-21(22(35-25(39)32-12)13-2-4-14(5-3-13)26(29,30)31)24(38)34-17-6-7-20-19(11-17)23(37-36-20)33-18-9-15(27)8-16(28)10-18/h2-11,21-22H,1H3,(H,34,38)(H,35,39)(H2,33,36,37). The van der Waals surface area contributed by atoms with Gasteiger partial charge in [-0.3, -0.25) is 9.89 Å². The van der Waals surface area contributed by atoms with Crippen molar-refractivity contribution in [3.63, 3.8) is 0 Å². The number of nitrogens with zero attached hydrogens (tertiary/aromatic N) is 2. The maximum atomic E-state index is 13.6. The van der Waals surface area contributed by atoms with Crippen LogP contribution in [0.4, 0.5) is 43.9 Å². The van der Waals surface area contributed by atoms with E-state index in [2.05, 4.69) is 31.1 Å². The number of aromatic amines is 1. The first-order chi connectivity index (χ1) is 18.5. The summed E-state index contributed by atoms with van der Waals surface area (Å²) in [6.07, 6.45) is -4.54. The van der Waals surface area contributed by atoms with E-state index in [0.717, 1.165) is 30.3 Å². The van der Waals surface area contributed by atoms with Gasteiger partial charge in [0.15, 0.2) is 5.82 Å². The third-order valence-corrected chi connectivity index (χ3v) is 6.18. The van der Waals surface area contributed by atoms with Crippen molar-refractivity contribution in [2.24, 2.45) is 10.9 Å². The molecule has 3 aromatic carbocycles. The molecular formula is C26H19F5N6O2. The molecule has 2 heterocycles. The molecule has 0 radical (unpaired) electrons. The SMILES string of the molecule is CC1=NC(=O)NC(c2ccc(C(F)(F)F)cc2)C1C(=O)Nc1ccc2[nH]nc(Nc3cc(F)cc(F)c3)c2c1. The lowest BCUT2D eigenvalue weighted by Gasteiger charge is -2.30. The molecule has 2 atom stereocenters. The fourth-order valence-corrected chi connectivity index (χ4v) is 4.39. The van der Waals surface area contributed by atoms with Gasteiger partial charge in [-0.25, -0.2) is 18.6 Å². The van der Waals surface area contributed by atoms with E-state index >= 15 is 0 Å². The predicted octanol–water partition coefficient (Wildman–Crippen LogP) is 6.08. The van der Waals surface area contributed by atoms with Crippen molar-refractivity contribution in [1.29, 1.82) is 0 Å². The Labute approximate surface area is 217 Å². The van der Waals surface area contributed by atoms with Gasteiger partial charge in [0.1, 0.15) is 17.6 Å². The molecule has 1 aliphatic rings. The second-order valence-electron chi connectivity index (χ2n) is 8.88. The predicted molar refractivity (Wildman–Crippen MR) is 134 cm³/mol. The Kier molecular flexibility index (Phi) is 6.50. The topological polar surface area (TPSA) is 111 Å². The summed E-state index contributed by atoms with van der Waals surface area (Å²) in [5.41, 5.74) is 0.639. The number of hydrogen-bond donors (Lipinski definition) is 4. The number of urea groups is 1. The van der Waals surface area contributed by atoms with Crippen molar-refractivity contribution in [3.8, 4) is 0 Å². The number of hydrogen-bond acceptors (Lipinski definition) is 4. The monoisotopic (exact) mass is 542 g/mol. The second kappa shape index (κ2) is 9.82. The van der Waals surface area contributed by atoms with E-state index in [-0.39, 0.29) is 17.2 Å². The van der Waals surface area contributed by atoms with E-state index in [1.807, 2.05) is 0 Å². The Morgan fingerprint density at radius 3 is 2.31 bits per heavy atom. The highest BCUT2D eigenvalue weighted by Crippen LogP contribution is 2.33. The van der Waals surface area contributed by atoms with E-state index in [1.54, 1.807) is 18.2 Å². The van der Waals surface area contributed by atoms with Gasteiger partial charge >= 0.3 is 12.2 Å². The molecule has 0 aliphatic carbocycles. The normalized spacial score (nSPS) is 17.5. The smallest absolute Gasteiger partial charge is 0.338 e. The maximum Gasteiger partial charge on any atom is 0.416 e. The molecule has 1 aromatic heterocycles. The van der Waals surface area contributed by atoms with Crippen LogP contribution in [0.15, 0.2) is 65.7 Å². The van der Waals surface area contributed by atoms with E-state index in [4.69, 9.17) is 0 Å². The van der Waals surface area contributed by atoms with Crippen molar-refractivity contribution < 1.29 is 31.5 Å². The molecule has 0 bridgehead atoms. The van der Waals surface area contributed by atoms with Crippen LogP contribution >= 0.6 is 0 Å². The molecule has 200 valence electrons. The molecule has 0 spiro atoms. The lowest BCUT2D eigenvalue weighted by atomic mass is 9.87. The summed E-state index contributed by atoms with van der Waals surface area (Å²) < 4.78 is 66.2. The van der Waals surface area contributed by atoms with Crippen LogP contribution in [0.1, 0.15) is 24.1 Å². The Morgan fingerprint density at radius 2 is 1.64 bits per heavy atom. The van der Waals surface area contributed by atoms with Gasteiger partial charge in [0.25, 0.3) is 0 Å². The van der Waals surface area contributed by atoms with Gasteiger partial charge in [-0.15, -0.1) is 0 Å². The number of fused-ring (bicyclic) bond motifs is 1. The zero-order valence-electron chi connectivity index (χ0n) is 20.0. The molecule has 4 aromatic rings. The van der Waals surface area contributed by atoms with Gasteiger partial charge in [-0.05, 0) is 55.0 Å². The molecule has 0 fully saturated rings. The lowest BCUT2D eigenvalue weighted by molar-refractivity contribution is -0.137. The Balaban J connectivity index is 1.41. The van der Waals surface area contributed by atoms with Gasteiger partial charge in [0.2, 0.25) is 5.91 Å². The zero-order chi connectivity index (χ0) is 27.9. The van der Waals surface area contributed by atoms with Crippen LogP contribution in [-0.2, 0) is 11.0 Å². The van der Waals surface area contributed by atoms with Gasteiger partial charge in [0, 0.05) is 28.5 Å². The fraction of sp³-hybridized carbons (Fsp3) is 0.154. The summed E-state index contributed by atoms with van der Waals surface area (Å²) in [5.74, 6) is -2.89. The molecule has 3 amide bonds. The van der Waals surface area contributed by atoms with Gasteiger partial charge < -0.3 is 16.0 Å². The van der Waals surface area contributed by atoms with Crippen molar-refractivity contribution in [2.45, 2.75) is 19.1 Å². The number of nitrogens with one attached hydrogen (secondary N) is 4. The first-order valence-electron chi connectivity index (χ1n) is 11.5. The number of benzene rings is 3. The molecule has 0 saturated carbocycles. The molecule has 13 heteroatoms. The van der Waals surface area contributed by atoms with Crippen LogP contribution < -0.4 is 16.0 Å². The van der Waals surface area contributed by atoms with Crippen molar-refractivity contribution >= 4 is 45.7 Å². The van der Waals surface area contributed by atoms with Crippen LogP contribution in [0.3, 0.4) is 0 Å². The Bertz CT molecular complexity index is 1590. The first-order valence-corrected chi connectivity index (χ1v) is 11.5. The van der Waals surface area contributed by atoms with Crippen LogP contribution in [-0.4, -0.2) is 27.8 Å². The van der Waals surface area contributed by atoms with Crippen molar-refractivity contribution in [1.82, 2.24) is 15.5 Å². The number of H-pyrrole nitrogens is 1. The summed E-state index contributed by atoms with van der Waals surface area (Å²) in [5, 5.41) is 15.5. The van der Waals surface area contributed by atoms with E-state index < -0.39 is 47.3 Å². The highest BCUT2D eigenvalue weighted by atomic mass is 19.4. The number of aromatic nitrogens is 2. The third kappa shape index (κ3) is 5.42. The number of alkyl halides is 3. The molecule has 39 heavy (non-hydrogen) atoms. The number of aliphatic imine (C=N–C) groups is 1. The summed E-state index contributed by atoms with van der Waals surface area (Å²) in [6.45, 7) is 1.49. The van der Waals surface area contributed by atoms with Gasteiger partial charge in [-0.1, -0.05) is 12.1 Å². The number of carbonyl (C=O) groups is 2. The minimum atomic E-state index is -4.54. The van der Waals surface area contributed by atoms with Crippen molar-refractivity contribution in [3.05, 3.63) is 83.4 Å². The van der Waals surface area contributed by atoms with Gasteiger partial charge in [0.05, 0.1) is 17.1 Å². The first kappa shape index (κ1) is 25.8. The number of carbonyl (C=O) groups excluding carboxylic acids is 2. The number of rotatable bonds is 5. The molecule has 1 aliphatic heterocycles. The summed E-state index contributed by atoms with van der Waals surface area (Å²) >= 11 is 0. The molecule has 2 unspecified atom stereocenters. The number of anilines is 3. The average Bonchev–Trinajstić information content (AvgIpc) is 3.24.